The van der Waals surface area contributed by atoms with Crippen LogP contribution >= 0.6 is 11.6 Å². The van der Waals surface area contributed by atoms with Crippen LogP contribution in [-0.2, 0) is 27.0 Å². The maximum absolute atomic E-state index is 12.9. The number of amides is 1. The molecule has 0 aliphatic heterocycles. The summed E-state index contributed by atoms with van der Waals surface area (Å²) >= 11 is 5.83. The number of alkyl halides is 3. The van der Waals surface area contributed by atoms with Crippen molar-refractivity contribution in [2.75, 3.05) is 11.9 Å². The van der Waals surface area contributed by atoms with E-state index in [-0.39, 0.29) is 16.3 Å². The summed E-state index contributed by atoms with van der Waals surface area (Å²) in [5.41, 5.74) is 0.922. The molecule has 1 N–H and O–H groups in total. The average Bonchev–Trinajstić information content (AvgIpc) is 2.97. The van der Waals surface area contributed by atoms with Crippen molar-refractivity contribution in [1.82, 2.24) is 4.57 Å². The van der Waals surface area contributed by atoms with Crippen LogP contribution in [0.15, 0.2) is 29.8 Å². The molecule has 0 atom stereocenters. The number of nitrogens with zero attached hydrogens (tertiary/aromatic N) is 2. The first-order valence-electron chi connectivity index (χ1n) is 9.95. The van der Waals surface area contributed by atoms with Gasteiger partial charge in [-0.05, 0) is 55.7 Å². The number of hydrogen-bond donors (Lipinski definition) is 1. The van der Waals surface area contributed by atoms with Crippen LogP contribution in [0, 0.1) is 31.1 Å². The third-order valence-corrected chi connectivity index (χ3v) is 5.03. The molecule has 6 nitrogen and oxygen atoms in total. The molecule has 0 bridgehead atoms. The van der Waals surface area contributed by atoms with Gasteiger partial charge >= 0.3 is 12.1 Å². The average molecular weight is 482 g/mol. The number of carbonyl (C=O) groups excluding carboxylic acids is 2. The first-order valence-corrected chi connectivity index (χ1v) is 10.3. The van der Waals surface area contributed by atoms with E-state index >= 15 is 0 Å². The number of rotatable bonds is 7. The number of aryl methyl sites for hydroxylation is 1. The van der Waals surface area contributed by atoms with Gasteiger partial charge in [-0.1, -0.05) is 25.4 Å². The molecule has 0 unspecified atom stereocenters. The Morgan fingerprint density at radius 3 is 2.52 bits per heavy atom. The lowest BCUT2D eigenvalue weighted by atomic mass is 10.1. The van der Waals surface area contributed by atoms with Crippen LogP contribution in [0.5, 0.6) is 0 Å². The van der Waals surface area contributed by atoms with Gasteiger partial charge in [-0.15, -0.1) is 0 Å². The Bertz CT molecular complexity index is 1130. The van der Waals surface area contributed by atoms with Gasteiger partial charge in [-0.3, -0.25) is 4.79 Å². The van der Waals surface area contributed by atoms with Gasteiger partial charge < -0.3 is 14.6 Å². The molecule has 0 aliphatic rings. The minimum absolute atomic E-state index is 0.114. The van der Waals surface area contributed by atoms with Gasteiger partial charge in [-0.25, -0.2) is 4.79 Å². The van der Waals surface area contributed by atoms with Crippen molar-refractivity contribution in [3.63, 3.8) is 0 Å². The van der Waals surface area contributed by atoms with E-state index in [2.05, 4.69) is 23.7 Å². The van der Waals surface area contributed by atoms with Gasteiger partial charge in [0.25, 0.3) is 5.91 Å². The number of hydrogen-bond acceptors (Lipinski definition) is 4. The van der Waals surface area contributed by atoms with Crippen LogP contribution in [0.25, 0.3) is 6.08 Å². The van der Waals surface area contributed by atoms with Gasteiger partial charge in [-0.2, -0.15) is 18.4 Å². The van der Waals surface area contributed by atoms with Crippen molar-refractivity contribution < 1.29 is 27.5 Å². The van der Waals surface area contributed by atoms with Crippen LogP contribution in [0.4, 0.5) is 18.9 Å². The molecule has 0 fully saturated rings. The molecule has 2 aromatic rings. The Morgan fingerprint density at radius 2 is 1.94 bits per heavy atom. The summed E-state index contributed by atoms with van der Waals surface area (Å²) in [4.78, 5) is 24.4. The molecule has 1 aromatic carbocycles. The highest BCUT2D eigenvalue weighted by Crippen LogP contribution is 2.33. The van der Waals surface area contributed by atoms with Crippen LogP contribution in [-0.4, -0.2) is 23.1 Å². The van der Waals surface area contributed by atoms with Gasteiger partial charge in [0.1, 0.15) is 11.6 Å². The predicted octanol–water partition coefficient (Wildman–Crippen LogP) is 5.52. The molecular weight excluding hydrogens is 459 g/mol. The summed E-state index contributed by atoms with van der Waals surface area (Å²) in [7, 11) is 0. The number of nitriles is 1. The molecule has 1 heterocycles. The number of anilines is 1. The molecular formula is C23H23ClF3N3O3. The highest BCUT2D eigenvalue weighted by molar-refractivity contribution is 6.33. The lowest BCUT2D eigenvalue weighted by molar-refractivity contribution is -0.142. The summed E-state index contributed by atoms with van der Waals surface area (Å²) in [6, 6.07) is 6.04. The van der Waals surface area contributed by atoms with E-state index in [1.54, 1.807) is 6.07 Å². The van der Waals surface area contributed by atoms with Crippen LogP contribution < -0.4 is 5.32 Å². The fraction of sp³-hybridized carbons (Fsp3) is 0.348. The second-order valence-corrected chi connectivity index (χ2v) is 8.22. The molecule has 0 saturated heterocycles. The SMILES string of the molecule is Cc1cc(/C=C(\C#N)C(=O)OCC(=O)Nc2cc(C(F)(F)F)ccc2Cl)c(C)n1CC(C)C. The van der Waals surface area contributed by atoms with E-state index in [0.29, 0.717) is 17.5 Å². The molecule has 0 saturated carbocycles. The number of carbonyl (C=O) groups is 2. The number of halogens is 4. The number of ether oxygens (including phenoxy) is 1. The van der Waals surface area contributed by atoms with Crippen molar-refractivity contribution in [2.24, 2.45) is 5.92 Å². The van der Waals surface area contributed by atoms with E-state index in [0.717, 1.165) is 30.1 Å². The highest BCUT2D eigenvalue weighted by Gasteiger charge is 2.31. The van der Waals surface area contributed by atoms with Crippen LogP contribution in [0.1, 0.15) is 36.4 Å². The molecule has 0 spiro atoms. The molecule has 33 heavy (non-hydrogen) atoms. The van der Waals surface area contributed by atoms with Crippen molar-refractivity contribution in [3.8, 4) is 6.07 Å². The summed E-state index contributed by atoms with van der Waals surface area (Å²) in [5.74, 6) is -1.54. The summed E-state index contributed by atoms with van der Waals surface area (Å²) in [6.45, 7) is 7.90. The lowest BCUT2D eigenvalue weighted by Crippen LogP contribution is -2.22. The van der Waals surface area contributed by atoms with E-state index in [4.69, 9.17) is 16.3 Å². The topological polar surface area (TPSA) is 84.1 Å². The zero-order valence-corrected chi connectivity index (χ0v) is 19.3. The molecule has 2 rings (SSSR count). The van der Waals surface area contributed by atoms with E-state index in [1.807, 2.05) is 19.9 Å². The number of esters is 1. The van der Waals surface area contributed by atoms with E-state index in [9.17, 15) is 28.0 Å². The Morgan fingerprint density at radius 1 is 1.27 bits per heavy atom. The monoisotopic (exact) mass is 481 g/mol. The standard InChI is InChI=1S/C23H23ClF3N3O3/c1-13(2)11-30-14(3)7-16(15(30)4)8-17(10-28)22(32)33-12-21(31)29-20-9-18(23(25,26)27)5-6-19(20)24/h5-9,13H,11-12H2,1-4H3,(H,29,31)/b17-8+. The number of nitrogens with one attached hydrogen (secondary N) is 1. The third-order valence-electron chi connectivity index (χ3n) is 4.70. The molecule has 176 valence electrons. The molecule has 0 radical (unpaired) electrons. The van der Waals surface area contributed by atoms with Gasteiger partial charge in [0, 0.05) is 17.9 Å². The van der Waals surface area contributed by atoms with Gasteiger partial charge in [0.2, 0.25) is 0 Å². The summed E-state index contributed by atoms with van der Waals surface area (Å²) < 4.78 is 45.5. The Balaban J connectivity index is 2.09. The smallest absolute Gasteiger partial charge is 0.416 e. The fourth-order valence-corrected chi connectivity index (χ4v) is 3.27. The Kier molecular flexibility index (Phi) is 8.34. The maximum Gasteiger partial charge on any atom is 0.416 e. The Labute approximate surface area is 194 Å². The molecule has 1 aromatic heterocycles. The maximum atomic E-state index is 12.9. The zero-order valence-electron chi connectivity index (χ0n) is 18.5. The van der Waals surface area contributed by atoms with Crippen molar-refractivity contribution in [2.45, 2.75) is 40.4 Å². The number of benzene rings is 1. The predicted molar refractivity (Wildman–Crippen MR) is 118 cm³/mol. The van der Waals surface area contributed by atoms with Gasteiger partial charge in [0.05, 0.1) is 16.3 Å². The number of aromatic nitrogens is 1. The van der Waals surface area contributed by atoms with Crippen LogP contribution in [0.2, 0.25) is 5.02 Å². The normalized spacial score (nSPS) is 11.9. The first kappa shape index (κ1) is 26.0. The third kappa shape index (κ3) is 6.86. The molecule has 10 heteroatoms. The van der Waals surface area contributed by atoms with Crippen molar-refractivity contribution in [1.29, 1.82) is 5.26 Å². The largest absolute Gasteiger partial charge is 0.451 e. The van der Waals surface area contributed by atoms with Gasteiger partial charge in [0.15, 0.2) is 6.61 Å². The van der Waals surface area contributed by atoms with E-state index in [1.165, 1.54) is 6.08 Å². The summed E-state index contributed by atoms with van der Waals surface area (Å²) in [6.07, 6.45) is -3.24. The fourth-order valence-electron chi connectivity index (χ4n) is 3.10. The van der Waals surface area contributed by atoms with E-state index < -0.39 is 30.2 Å². The minimum Gasteiger partial charge on any atom is -0.451 e. The molecule has 0 aliphatic carbocycles. The Hall–Kier alpha value is -3.25. The highest BCUT2D eigenvalue weighted by atomic mass is 35.5. The van der Waals surface area contributed by atoms with Crippen LogP contribution in [0.3, 0.4) is 0 Å². The summed E-state index contributed by atoms with van der Waals surface area (Å²) in [5, 5.41) is 11.4. The molecule has 1 amide bonds. The second kappa shape index (κ2) is 10.6. The second-order valence-electron chi connectivity index (χ2n) is 7.82. The van der Waals surface area contributed by atoms with Crippen molar-refractivity contribution in [3.05, 3.63) is 57.4 Å². The first-order chi connectivity index (χ1) is 15.3. The zero-order chi connectivity index (χ0) is 24.9. The minimum atomic E-state index is -4.62. The quantitative estimate of drug-likeness (QED) is 0.320. The van der Waals surface area contributed by atoms with Crippen molar-refractivity contribution >= 4 is 35.2 Å². The lowest BCUT2D eigenvalue weighted by Gasteiger charge is -2.12.